The summed E-state index contributed by atoms with van der Waals surface area (Å²) in [6.07, 6.45) is 10.3. The first-order valence-electron chi connectivity index (χ1n) is 7.57. The molecule has 2 heteroatoms. The van der Waals surface area contributed by atoms with Crippen LogP contribution in [0.25, 0.3) is 0 Å². The van der Waals surface area contributed by atoms with Crippen LogP contribution in [0.2, 0.25) is 0 Å². The van der Waals surface area contributed by atoms with Crippen molar-refractivity contribution in [3.8, 4) is 0 Å². The first-order chi connectivity index (χ1) is 8.22. The fourth-order valence-electron chi connectivity index (χ4n) is 2.81. The SMILES string of the molecule is CCNC(COC(C)C)CC1CCCCCC1. The zero-order valence-electron chi connectivity index (χ0n) is 12.0. The average molecular weight is 241 g/mol. The molecule has 1 N–H and O–H groups in total. The molecule has 1 rings (SSSR count). The third-order valence-corrected chi connectivity index (χ3v) is 3.72. The maximum atomic E-state index is 5.77. The summed E-state index contributed by atoms with van der Waals surface area (Å²) in [5, 5.41) is 3.58. The van der Waals surface area contributed by atoms with Crippen LogP contribution >= 0.6 is 0 Å². The zero-order chi connectivity index (χ0) is 12.5. The van der Waals surface area contributed by atoms with Crippen LogP contribution in [0.15, 0.2) is 0 Å². The predicted molar refractivity (Wildman–Crippen MR) is 74.4 cm³/mol. The van der Waals surface area contributed by atoms with Gasteiger partial charge < -0.3 is 10.1 Å². The Labute approximate surface area is 108 Å². The average Bonchev–Trinajstić information content (AvgIpc) is 2.55. The third kappa shape index (κ3) is 7.05. The van der Waals surface area contributed by atoms with Crippen LogP contribution in [0.5, 0.6) is 0 Å². The highest BCUT2D eigenvalue weighted by Crippen LogP contribution is 2.26. The molecule has 0 amide bonds. The molecule has 1 aliphatic carbocycles. The van der Waals surface area contributed by atoms with Crippen LogP contribution in [0.1, 0.15) is 65.7 Å². The Morgan fingerprint density at radius 1 is 1.12 bits per heavy atom. The van der Waals surface area contributed by atoms with E-state index in [0.717, 1.165) is 19.1 Å². The summed E-state index contributed by atoms with van der Waals surface area (Å²) in [6, 6.07) is 0.561. The van der Waals surface area contributed by atoms with Crippen molar-refractivity contribution in [1.29, 1.82) is 0 Å². The molecule has 1 atom stereocenters. The van der Waals surface area contributed by atoms with Crippen molar-refractivity contribution in [2.24, 2.45) is 5.92 Å². The quantitative estimate of drug-likeness (QED) is 0.685. The molecular weight excluding hydrogens is 210 g/mol. The highest BCUT2D eigenvalue weighted by atomic mass is 16.5. The van der Waals surface area contributed by atoms with E-state index in [1.807, 2.05) is 0 Å². The number of nitrogens with one attached hydrogen (secondary N) is 1. The second-order valence-corrected chi connectivity index (χ2v) is 5.73. The summed E-state index contributed by atoms with van der Waals surface area (Å²) in [5.41, 5.74) is 0. The fraction of sp³-hybridized carbons (Fsp3) is 1.00. The first kappa shape index (κ1) is 15.0. The Bertz CT molecular complexity index is 174. The van der Waals surface area contributed by atoms with Gasteiger partial charge in [-0.2, -0.15) is 0 Å². The summed E-state index contributed by atoms with van der Waals surface area (Å²) in [7, 11) is 0. The number of hydrogen-bond donors (Lipinski definition) is 1. The van der Waals surface area contributed by atoms with E-state index in [4.69, 9.17) is 4.74 Å². The van der Waals surface area contributed by atoms with E-state index in [1.165, 1.54) is 44.9 Å². The van der Waals surface area contributed by atoms with Crippen molar-refractivity contribution in [2.45, 2.75) is 77.9 Å². The second-order valence-electron chi connectivity index (χ2n) is 5.73. The van der Waals surface area contributed by atoms with Crippen LogP contribution in [0, 0.1) is 5.92 Å². The molecule has 0 heterocycles. The zero-order valence-corrected chi connectivity index (χ0v) is 12.0. The van der Waals surface area contributed by atoms with Crippen molar-refractivity contribution in [3.63, 3.8) is 0 Å². The van der Waals surface area contributed by atoms with Gasteiger partial charge >= 0.3 is 0 Å². The van der Waals surface area contributed by atoms with Crippen LogP contribution in [-0.2, 0) is 4.74 Å². The molecule has 1 unspecified atom stereocenters. The van der Waals surface area contributed by atoms with Gasteiger partial charge in [-0.05, 0) is 32.7 Å². The lowest BCUT2D eigenvalue weighted by Gasteiger charge is -2.24. The molecule has 0 bridgehead atoms. The number of rotatable bonds is 7. The molecule has 102 valence electrons. The highest BCUT2D eigenvalue weighted by molar-refractivity contribution is 4.73. The first-order valence-corrected chi connectivity index (χ1v) is 7.57. The fourth-order valence-corrected chi connectivity index (χ4v) is 2.81. The summed E-state index contributed by atoms with van der Waals surface area (Å²) >= 11 is 0. The number of likely N-dealkylation sites (N-methyl/N-ethyl adjacent to an activating group) is 1. The van der Waals surface area contributed by atoms with Gasteiger partial charge in [-0.1, -0.05) is 45.4 Å². The van der Waals surface area contributed by atoms with E-state index >= 15 is 0 Å². The molecule has 0 spiro atoms. The van der Waals surface area contributed by atoms with Crippen molar-refractivity contribution in [3.05, 3.63) is 0 Å². The third-order valence-electron chi connectivity index (χ3n) is 3.72. The molecule has 2 nitrogen and oxygen atoms in total. The Balaban J connectivity index is 2.30. The van der Waals surface area contributed by atoms with Crippen LogP contribution in [-0.4, -0.2) is 25.3 Å². The molecule has 0 aromatic rings. The lowest BCUT2D eigenvalue weighted by atomic mass is 9.93. The topological polar surface area (TPSA) is 21.3 Å². The molecule has 0 aliphatic heterocycles. The van der Waals surface area contributed by atoms with Gasteiger partial charge in [-0.3, -0.25) is 0 Å². The van der Waals surface area contributed by atoms with Gasteiger partial charge in [0.1, 0.15) is 0 Å². The minimum atomic E-state index is 0.352. The van der Waals surface area contributed by atoms with E-state index in [1.54, 1.807) is 0 Å². The number of ether oxygens (including phenoxy) is 1. The molecular formula is C15H31NO. The van der Waals surface area contributed by atoms with E-state index in [2.05, 4.69) is 26.1 Å². The van der Waals surface area contributed by atoms with Crippen LogP contribution < -0.4 is 5.32 Å². The largest absolute Gasteiger partial charge is 0.377 e. The minimum absolute atomic E-state index is 0.352. The molecule has 1 saturated carbocycles. The van der Waals surface area contributed by atoms with Crippen LogP contribution in [0.3, 0.4) is 0 Å². The van der Waals surface area contributed by atoms with E-state index in [9.17, 15) is 0 Å². The lowest BCUT2D eigenvalue weighted by molar-refractivity contribution is 0.0557. The molecule has 0 aromatic heterocycles. The van der Waals surface area contributed by atoms with Gasteiger partial charge in [-0.25, -0.2) is 0 Å². The van der Waals surface area contributed by atoms with E-state index in [-0.39, 0.29) is 0 Å². The van der Waals surface area contributed by atoms with E-state index < -0.39 is 0 Å². The standard InChI is InChI=1S/C15H31NO/c1-4-16-15(12-17-13(2)3)11-14-9-7-5-6-8-10-14/h13-16H,4-12H2,1-3H3. The Morgan fingerprint density at radius 2 is 1.76 bits per heavy atom. The maximum Gasteiger partial charge on any atom is 0.0623 e. The van der Waals surface area contributed by atoms with Gasteiger partial charge in [0.05, 0.1) is 12.7 Å². The van der Waals surface area contributed by atoms with Crippen molar-refractivity contribution in [1.82, 2.24) is 5.32 Å². The normalized spacial score (nSPS) is 20.5. The Morgan fingerprint density at radius 3 is 2.29 bits per heavy atom. The van der Waals surface area contributed by atoms with Crippen molar-refractivity contribution in [2.75, 3.05) is 13.2 Å². The van der Waals surface area contributed by atoms with Gasteiger partial charge in [0, 0.05) is 6.04 Å². The van der Waals surface area contributed by atoms with Gasteiger partial charge in [0.2, 0.25) is 0 Å². The Hall–Kier alpha value is -0.0800. The van der Waals surface area contributed by atoms with E-state index in [0.29, 0.717) is 12.1 Å². The number of hydrogen-bond acceptors (Lipinski definition) is 2. The Kier molecular flexibility index (Phi) is 7.87. The molecule has 1 fully saturated rings. The lowest BCUT2D eigenvalue weighted by Crippen LogP contribution is -2.36. The minimum Gasteiger partial charge on any atom is -0.377 e. The molecule has 0 aromatic carbocycles. The van der Waals surface area contributed by atoms with Gasteiger partial charge in [0.25, 0.3) is 0 Å². The summed E-state index contributed by atoms with van der Waals surface area (Å²) in [5.74, 6) is 0.928. The summed E-state index contributed by atoms with van der Waals surface area (Å²) < 4.78 is 5.77. The monoisotopic (exact) mass is 241 g/mol. The maximum absolute atomic E-state index is 5.77. The highest BCUT2D eigenvalue weighted by Gasteiger charge is 2.18. The van der Waals surface area contributed by atoms with Crippen molar-refractivity contribution >= 4 is 0 Å². The van der Waals surface area contributed by atoms with Crippen LogP contribution in [0.4, 0.5) is 0 Å². The molecule has 17 heavy (non-hydrogen) atoms. The molecule has 0 radical (unpaired) electrons. The van der Waals surface area contributed by atoms with Gasteiger partial charge in [-0.15, -0.1) is 0 Å². The molecule has 1 aliphatic rings. The van der Waals surface area contributed by atoms with Gasteiger partial charge in [0.15, 0.2) is 0 Å². The summed E-state index contributed by atoms with van der Waals surface area (Å²) in [6.45, 7) is 8.36. The second kappa shape index (κ2) is 8.93. The predicted octanol–water partition coefficient (Wildman–Crippen LogP) is 3.75. The molecule has 0 saturated heterocycles. The summed E-state index contributed by atoms with van der Waals surface area (Å²) in [4.78, 5) is 0. The smallest absolute Gasteiger partial charge is 0.0623 e. The van der Waals surface area contributed by atoms with Crippen molar-refractivity contribution < 1.29 is 4.74 Å².